The van der Waals surface area contributed by atoms with Crippen LogP contribution >= 0.6 is 0 Å². The van der Waals surface area contributed by atoms with E-state index in [9.17, 15) is 8.42 Å². The van der Waals surface area contributed by atoms with Crippen LogP contribution in [0.15, 0.2) is 30.9 Å². The zero-order valence-corrected chi connectivity index (χ0v) is 9.34. The first-order chi connectivity index (χ1) is 6.94. The highest BCUT2D eigenvalue weighted by atomic mass is 32.2. The van der Waals surface area contributed by atoms with Crippen LogP contribution in [-0.2, 0) is 10.0 Å². The first-order valence-electron chi connectivity index (χ1n) is 4.42. The smallest absolute Gasteiger partial charge is 0.236 e. The molecule has 0 fully saturated rings. The molecule has 3 N–H and O–H groups in total. The molecule has 1 aromatic rings. The van der Waals surface area contributed by atoms with Gasteiger partial charge < -0.3 is 5.73 Å². The van der Waals surface area contributed by atoms with Crippen LogP contribution in [0.25, 0.3) is 0 Å². The summed E-state index contributed by atoms with van der Waals surface area (Å²) in [6.07, 6.45) is 1.34. The van der Waals surface area contributed by atoms with Crippen molar-refractivity contribution in [2.45, 2.75) is 6.92 Å². The van der Waals surface area contributed by atoms with E-state index in [2.05, 4.69) is 11.3 Å². The maximum atomic E-state index is 11.4. The second-order valence-electron chi connectivity index (χ2n) is 3.24. The number of hydrogen-bond acceptors (Lipinski definition) is 3. The van der Waals surface area contributed by atoms with E-state index in [-0.39, 0.29) is 5.75 Å². The van der Waals surface area contributed by atoms with Gasteiger partial charge in [0.25, 0.3) is 0 Å². The van der Waals surface area contributed by atoms with Crippen LogP contribution in [0.3, 0.4) is 0 Å². The molecule has 0 aliphatic heterocycles. The van der Waals surface area contributed by atoms with Crippen LogP contribution in [0.5, 0.6) is 0 Å². The Bertz CT molecular complexity index is 466. The van der Waals surface area contributed by atoms with Crippen molar-refractivity contribution in [3.8, 4) is 0 Å². The van der Waals surface area contributed by atoms with Crippen LogP contribution in [0.4, 0.5) is 11.4 Å². The third-order valence-corrected chi connectivity index (χ3v) is 3.10. The maximum absolute atomic E-state index is 11.4. The number of nitrogens with one attached hydrogen (secondary N) is 1. The summed E-state index contributed by atoms with van der Waals surface area (Å²) in [6.45, 7) is 5.20. The van der Waals surface area contributed by atoms with Gasteiger partial charge in [0.2, 0.25) is 10.0 Å². The van der Waals surface area contributed by atoms with E-state index in [4.69, 9.17) is 5.73 Å². The number of benzene rings is 1. The van der Waals surface area contributed by atoms with Gasteiger partial charge in [-0.2, -0.15) is 0 Å². The van der Waals surface area contributed by atoms with Crippen molar-refractivity contribution in [2.24, 2.45) is 0 Å². The number of nitrogens with two attached hydrogens (primary N) is 1. The topological polar surface area (TPSA) is 72.2 Å². The predicted octanol–water partition coefficient (Wildman–Crippen LogP) is 1.50. The number of anilines is 2. The molecular formula is C10H14N2O2S. The summed E-state index contributed by atoms with van der Waals surface area (Å²) in [7, 11) is -3.32. The van der Waals surface area contributed by atoms with Gasteiger partial charge in [-0.25, -0.2) is 8.42 Å². The molecule has 1 aromatic carbocycles. The molecule has 5 heteroatoms. The molecule has 0 radical (unpaired) electrons. The molecule has 0 unspecified atom stereocenters. The van der Waals surface area contributed by atoms with Crippen LogP contribution in [-0.4, -0.2) is 14.2 Å². The number of rotatable bonds is 4. The number of sulfonamides is 1. The molecule has 0 aromatic heterocycles. The summed E-state index contributed by atoms with van der Waals surface area (Å²) in [4.78, 5) is 0. The lowest BCUT2D eigenvalue weighted by molar-refractivity contribution is 0.604. The van der Waals surface area contributed by atoms with E-state index in [1.165, 1.54) is 6.08 Å². The fraction of sp³-hybridized carbons (Fsp3) is 0.200. The van der Waals surface area contributed by atoms with Crippen LogP contribution in [0.2, 0.25) is 0 Å². The second-order valence-corrected chi connectivity index (χ2v) is 5.01. The minimum absolute atomic E-state index is 0.101. The molecule has 0 heterocycles. The van der Waals surface area contributed by atoms with Gasteiger partial charge >= 0.3 is 0 Å². The highest BCUT2D eigenvalue weighted by Crippen LogP contribution is 2.17. The van der Waals surface area contributed by atoms with E-state index < -0.39 is 10.0 Å². The Kier molecular flexibility index (Phi) is 3.36. The SMILES string of the molecule is C=CCS(=O)(=O)Nc1ccc(N)c(C)c1. The van der Waals surface area contributed by atoms with E-state index in [1.807, 2.05) is 6.92 Å². The van der Waals surface area contributed by atoms with Crippen LogP contribution in [0.1, 0.15) is 5.56 Å². The molecule has 0 atom stereocenters. The first kappa shape index (κ1) is 11.6. The van der Waals surface area contributed by atoms with Crippen molar-refractivity contribution in [1.29, 1.82) is 0 Å². The molecule has 15 heavy (non-hydrogen) atoms. The van der Waals surface area contributed by atoms with Crippen molar-refractivity contribution < 1.29 is 8.42 Å². The van der Waals surface area contributed by atoms with Crippen molar-refractivity contribution in [3.63, 3.8) is 0 Å². The molecule has 0 spiro atoms. The lowest BCUT2D eigenvalue weighted by Crippen LogP contribution is -2.15. The summed E-state index contributed by atoms with van der Waals surface area (Å²) in [5.41, 5.74) is 7.62. The molecule has 82 valence electrons. The van der Waals surface area contributed by atoms with Crippen molar-refractivity contribution >= 4 is 21.4 Å². The average Bonchev–Trinajstić information content (AvgIpc) is 2.10. The van der Waals surface area contributed by atoms with Crippen molar-refractivity contribution in [3.05, 3.63) is 36.4 Å². The number of aryl methyl sites for hydroxylation is 1. The molecule has 0 saturated carbocycles. The largest absolute Gasteiger partial charge is 0.399 e. The van der Waals surface area contributed by atoms with E-state index in [1.54, 1.807) is 18.2 Å². The highest BCUT2D eigenvalue weighted by Gasteiger charge is 2.07. The summed E-state index contributed by atoms with van der Waals surface area (Å²) in [5.74, 6) is -0.101. The quantitative estimate of drug-likeness (QED) is 0.603. The molecule has 0 amide bonds. The number of hydrogen-bond donors (Lipinski definition) is 2. The predicted molar refractivity (Wildman–Crippen MR) is 63.2 cm³/mol. The van der Waals surface area contributed by atoms with Crippen LogP contribution in [0, 0.1) is 6.92 Å². The maximum Gasteiger partial charge on any atom is 0.236 e. The lowest BCUT2D eigenvalue weighted by atomic mass is 10.2. The highest BCUT2D eigenvalue weighted by molar-refractivity contribution is 7.92. The summed E-state index contributed by atoms with van der Waals surface area (Å²) >= 11 is 0. The fourth-order valence-corrected chi connectivity index (χ4v) is 2.00. The van der Waals surface area contributed by atoms with Gasteiger partial charge in [-0.3, -0.25) is 4.72 Å². The molecule has 0 aliphatic carbocycles. The third-order valence-electron chi connectivity index (χ3n) is 1.88. The Balaban J connectivity index is 2.91. The standard InChI is InChI=1S/C10H14N2O2S/c1-3-6-15(13,14)12-9-4-5-10(11)8(2)7-9/h3-5,7,12H,1,6,11H2,2H3. The van der Waals surface area contributed by atoms with Gasteiger partial charge in [-0.05, 0) is 30.7 Å². The Labute approximate surface area is 89.9 Å². The molecule has 0 saturated heterocycles. The minimum Gasteiger partial charge on any atom is -0.399 e. The Morgan fingerprint density at radius 3 is 2.73 bits per heavy atom. The lowest BCUT2D eigenvalue weighted by Gasteiger charge is -2.07. The van der Waals surface area contributed by atoms with Gasteiger partial charge in [0, 0.05) is 11.4 Å². The van der Waals surface area contributed by atoms with Crippen molar-refractivity contribution in [2.75, 3.05) is 16.2 Å². The average molecular weight is 226 g/mol. The molecule has 1 rings (SSSR count). The Morgan fingerprint density at radius 2 is 2.20 bits per heavy atom. The van der Waals surface area contributed by atoms with Gasteiger partial charge in [0.1, 0.15) is 0 Å². The van der Waals surface area contributed by atoms with Gasteiger partial charge in [0.05, 0.1) is 5.75 Å². The minimum atomic E-state index is -3.32. The number of nitrogen functional groups attached to an aromatic ring is 1. The Hall–Kier alpha value is -1.49. The van der Waals surface area contributed by atoms with Crippen molar-refractivity contribution in [1.82, 2.24) is 0 Å². The zero-order chi connectivity index (χ0) is 11.5. The molecule has 0 aliphatic rings. The van der Waals surface area contributed by atoms with E-state index in [0.717, 1.165) is 5.56 Å². The second kappa shape index (κ2) is 4.35. The van der Waals surface area contributed by atoms with E-state index in [0.29, 0.717) is 11.4 Å². The summed E-state index contributed by atoms with van der Waals surface area (Å²) < 4.78 is 25.2. The first-order valence-corrected chi connectivity index (χ1v) is 6.07. The molecular weight excluding hydrogens is 212 g/mol. The van der Waals surface area contributed by atoms with Gasteiger partial charge in [-0.15, -0.1) is 6.58 Å². The fourth-order valence-electron chi connectivity index (χ4n) is 1.12. The molecule has 0 bridgehead atoms. The van der Waals surface area contributed by atoms with Gasteiger partial charge in [0.15, 0.2) is 0 Å². The third kappa shape index (κ3) is 3.28. The van der Waals surface area contributed by atoms with E-state index >= 15 is 0 Å². The molecule has 4 nitrogen and oxygen atoms in total. The summed E-state index contributed by atoms with van der Waals surface area (Å²) in [6, 6.07) is 4.99. The summed E-state index contributed by atoms with van der Waals surface area (Å²) in [5, 5.41) is 0. The van der Waals surface area contributed by atoms with Crippen LogP contribution < -0.4 is 10.5 Å². The monoisotopic (exact) mass is 226 g/mol. The Morgan fingerprint density at radius 1 is 1.53 bits per heavy atom. The normalized spacial score (nSPS) is 11.0. The van der Waals surface area contributed by atoms with Gasteiger partial charge in [-0.1, -0.05) is 6.08 Å². The zero-order valence-electron chi connectivity index (χ0n) is 8.53.